The number of fused-ring (bicyclic) bond motifs is 1. The van der Waals surface area contributed by atoms with Crippen LogP contribution < -0.4 is 5.32 Å². The predicted molar refractivity (Wildman–Crippen MR) is 175 cm³/mol. The minimum absolute atomic E-state index is 0.0542. The third kappa shape index (κ3) is 5.78. The fourth-order valence-corrected chi connectivity index (χ4v) is 7.91. The highest BCUT2D eigenvalue weighted by molar-refractivity contribution is 8.01. The van der Waals surface area contributed by atoms with Crippen molar-refractivity contribution in [2.45, 2.75) is 42.5 Å². The lowest BCUT2D eigenvalue weighted by Crippen LogP contribution is -2.58. The molecule has 228 valence electrons. The van der Waals surface area contributed by atoms with Crippen LogP contribution in [0.15, 0.2) is 83.9 Å². The zero-order chi connectivity index (χ0) is 30.8. The number of H-pyrrole nitrogens is 1. The average Bonchev–Trinajstić information content (AvgIpc) is 3.57. The number of carbonyl (C=O) groups is 3. The Labute approximate surface area is 266 Å². The first kappa shape index (κ1) is 30.1. The fraction of sp³-hybridized carbons (Fsp3) is 0.324. The summed E-state index contributed by atoms with van der Waals surface area (Å²) >= 11 is 7.67. The highest BCUT2D eigenvalue weighted by atomic mass is 35.5. The molecule has 8 nitrogen and oxygen atoms in total. The first-order valence-electron chi connectivity index (χ1n) is 15.0. The highest BCUT2D eigenvalue weighted by Gasteiger charge is 2.59. The Morgan fingerprint density at radius 2 is 1.66 bits per heavy atom. The van der Waals surface area contributed by atoms with Crippen molar-refractivity contribution < 1.29 is 14.4 Å². The number of hydrogen-bond donors (Lipinski definition) is 2. The highest BCUT2D eigenvalue weighted by Crippen LogP contribution is 2.55. The maximum atomic E-state index is 15.0. The molecule has 10 heteroatoms. The number of aromatic nitrogens is 1. The predicted octanol–water partition coefficient (Wildman–Crippen LogP) is 6.01. The molecule has 0 spiro atoms. The van der Waals surface area contributed by atoms with Crippen LogP contribution in [0.4, 0.5) is 4.79 Å². The normalized spacial score (nSPS) is 20.4. The van der Waals surface area contributed by atoms with Crippen molar-refractivity contribution in [3.8, 4) is 0 Å². The molecule has 2 atom stereocenters. The molecule has 4 aromatic rings. The maximum Gasteiger partial charge on any atom is 0.317 e. The van der Waals surface area contributed by atoms with Crippen LogP contribution in [0.2, 0.25) is 5.02 Å². The van der Waals surface area contributed by atoms with E-state index in [0.717, 1.165) is 32.5 Å². The molecule has 2 aliphatic rings. The lowest BCUT2D eigenvalue weighted by atomic mass is 9.90. The fourth-order valence-electron chi connectivity index (χ4n) is 6.31. The van der Waals surface area contributed by atoms with E-state index in [-0.39, 0.29) is 24.3 Å². The largest absolute Gasteiger partial charge is 0.361 e. The molecule has 6 rings (SSSR count). The Hall–Kier alpha value is -3.95. The Balaban J connectivity index is 1.45. The standard InChI is InChI=1S/C34H36ClN5O3S/c1-3-36-33(43)39-18-16-38(17-19-39)32(42)34(44-26-14-8-23(2)9-15-26)20-30(41)40(22-24-10-12-25(35)13-11-24)31(34)28-21-37-29-7-5-4-6-27(28)29/h4-15,21,31,37H,3,16-20,22H2,1-2H3,(H,36,43). The number of carbonyl (C=O) groups excluding carboxylic acids is 3. The molecule has 0 radical (unpaired) electrons. The van der Waals surface area contributed by atoms with Crippen LogP contribution in [0.5, 0.6) is 0 Å². The van der Waals surface area contributed by atoms with Crippen LogP contribution >= 0.6 is 23.4 Å². The topological polar surface area (TPSA) is 88.8 Å². The van der Waals surface area contributed by atoms with Gasteiger partial charge < -0.3 is 25.0 Å². The minimum atomic E-state index is -1.14. The number of urea groups is 1. The van der Waals surface area contributed by atoms with Gasteiger partial charge in [0.2, 0.25) is 11.8 Å². The number of thioether (sulfide) groups is 1. The van der Waals surface area contributed by atoms with Gasteiger partial charge in [-0.15, -0.1) is 11.8 Å². The van der Waals surface area contributed by atoms with Gasteiger partial charge in [0.25, 0.3) is 0 Å². The third-order valence-electron chi connectivity index (χ3n) is 8.53. The summed E-state index contributed by atoms with van der Waals surface area (Å²) in [6, 6.07) is 23.0. The molecule has 0 aliphatic carbocycles. The smallest absolute Gasteiger partial charge is 0.317 e. The molecule has 2 aliphatic heterocycles. The second-order valence-electron chi connectivity index (χ2n) is 11.4. The van der Waals surface area contributed by atoms with E-state index in [1.807, 2.05) is 103 Å². The number of aryl methyl sites for hydroxylation is 1. The minimum Gasteiger partial charge on any atom is -0.361 e. The summed E-state index contributed by atoms with van der Waals surface area (Å²) in [5, 5.41) is 4.46. The average molecular weight is 630 g/mol. The summed E-state index contributed by atoms with van der Waals surface area (Å²) in [7, 11) is 0. The van der Waals surface area contributed by atoms with Gasteiger partial charge in [0.05, 0.1) is 12.5 Å². The molecule has 1 aromatic heterocycles. The van der Waals surface area contributed by atoms with Crippen LogP contribution in [0, 0.1) is 6.92 Å². The molecule has 4 amide bonds. The van der Waals surface area contributed by atoms with Crippen molar-refractivity contribution in [3.05, 3.63) is 101 Å². The van der Waals surface area contributed by atoms with E-state index < -0.39 is 10.8 Å². The maximum absolute atomic E-state index is 15.0. The number of amides is 4. The summed E-state index contributed by atoms with van der Waals surface area (Å²) in [6.45, 7) is 6.48. The van der Waals surface area contributed by atoms with E-state index in [1.54, 1.807) is 4.90 Å². The van der Waals surface area contributed by atoms with E-state index >= 15 is 4.79 Å². The lowest BCUT2D eigenvalue weighted by molar-refractivity contribution is -0.136. The van der Waals surface area contributed by atoms with Crippen LogP contribution in [-0.2, 0) is 16.1 Å². The summed E-state index contributed by atoms with van der Waals surface area (Å²) in [6.07, 6.45) is 2.01. The first-order chi connectivity index (χ1) is 21.3. The summed E-state index contributed by atoms with van der Waals surface area (Å²) < 4.78 is -1.14. The number of aromatic amines is 1. The monoisotopic (exact) mass is 629 g/mol. The van der Waals surface area contributed by atoms with Crippen molar-refractivity contribution in [2.24, 2.45) is 0 Å². The SMILES string of the molecule is CCNC(=O)N1CCN(C(=O)C2(Sc3ccc(C)cc3)CC(=O)N(Cc3ccc(Cl)cc3)C2c2c[nH]c3ccccc23)CC1. The van der Waals surface area contributed by atoms with E-state index in [2.05, 4.69) is 10.3 Å². The number of rotatable bonds is 7. The second-order valence-corrected chi connectivity index (χ2v) is 13.3. The van der Waals surface area contributed by atoms with E-state index in [1.165, 1.54) is 11.8 Å². The molecule has 0 bridgehead atoms. The summed E-state index contributed by atoms with van der Waals surface area (Å²) in [5.41, 5.74) is 3.92. The molecule has 44 heavy (non-hydrogen) atoms. The number of para-hydroxylation sites is 1. The van der Waals surface area contributed by atoms with Crippen molar-refractivity contribution in [1.82, 2.24) is 25.0 Å². The van der Waals surface area contributed by atoms with Gasteiger partial charge in [-0.25, -0.2) is 4.79 Å². The Bertz CT molecular complexity index is 1670. The quantitative estimate of drug-likeness (QED) is 0.262. The van der Waals surface area contributed by atoms with Crippen molar-refractivity contribution in [2.75, 3.05) is 32.7 Å². The molecule has 2 unspecified atom stereocenters. The van der Waals surface area contributed by atoms with Gasteiger partial charge in [0.15, 0.2) is 0 Å². The van der Waals surface area contributed by atoms with Gasteiger partial charge in [-0.3, -0.25) is 9.59 Å². The van der Waals surface area contributed by atoms with Gasteiger partial charge >= 0.3 is 6.03 Å². The van der Waals surface area contributed by atoms with Gasteiger partial charge in [0.1, 0.15) is 4.75 Å². The van der Waals surface area contributed by atoms with Gasteiger partial charge in [0, 0.05) is 71.8 Å². The van der Waals surface area contributed by atoms with Crippen LogP contribution in [0.1, 0.15) is 36.1 Å². The number of hydrogen-bond acceptors (Lipinski definition) is 4. The summed E-state index contributed by atoms with van der Waals surface area (Å²) in [5.74, 6) is -0.162. The van der Waals surface area contributed by atoms with Crippen molar-refractivity contribution in [1.29, 1.82) is 0 Å². The second kappa shape index (κ2) is 12.6. The number of nitrogens with zero attached hydrogens (tertiary/aromatic N) is 3. The van der Waals surface area contributed by atoms with Crippen LogP contribution in [-0.4, -0.2) is 75.0 Å². The molecule has 0 saturated carbocycles. The van der Waals surface area contributed by atoms with E-state index in [0.29, 0.717) is 44.3 Å². The van der Waals surface area contributed by atoms with Crippen molar-refractivity contribution in [3.63, 3.8) is 0 Å². The molecule has 2 N–H and O–H groups in total. The Kier molecular flexibility index (Phi) is 8.60. The molecule has 2 fully saturated rings. The van der Waals surface area contributed by atoms with Gasteiger partial charge in [-0.1, -0.05) is 59.6 Å². The molecule has 2 saturated heterocycles. The summed E-state index contributed by atoms with van der Waals surface area (Å²) in [4.78, 5) is 51.5. The number of piperazine rings is 1. The molecule has 3 heterocycles. The molecular weight excluding hydrogens is 594 g/mol. The Morgan fingerprint density at radius 1 is 0.977 bits per heavy atom. The lowest BCUT2D eigenvalue weighted by Gasteiger charge is -2.42. The van der Waals surface area contributed by atoms with Crippen molar-refractivity contribution >= 4 is 52.1 Å². The molecular formula is C34H36ClN5O3S. The molecule has 3 aromatic carbocycles. The Morgan fingerprint density at radius 3 is 2.36 bits per heavy atom. The number of halogens is 1. The zero-order valence-corrected chi connectivity index (χ0v) is 26.5. The zero-order valence-electron chi connectivity index (χ0n) is 24.9. The van der Waals surface area contributed by atoms with E-state index in [9.17, 15) is 9.59 Å². The van der Waals surface area contributed by atoms with Crippen LogP contribution in [0.3, 0.4) is 0 Å². The van der Waals surface area contributed by atoms with Gasteiger partial charge in [-0.2, -0.15) is 0 Å². The van der Waals surface area contributed by atoms with Gasteiger partial charge in [-0.05, 0) is 49.7 Å². The number of likely N-dealkylation sites (tertiary alicyclic amines) is 1. The first-order valence-corrected chi connectivity index (χ1v) is 16.2. The number of benzene rings is 3. The van der Waals surface area contributed by atoms with E-state index in [4.69, 9.17) is 11.6 Å². The number of nitrogens with one attached hydrogen (secondary N) is 2. The third-order valence-corrected chi connectivity index (χ3v) is 10.2. The van der Waals surface area contributed by atoms with Crippen LogP contribution in [0.25, 0.3) is 10.9 Å².